The number of anilines is 2. The van der Waals surface area contributed by atoms with E-state index in [1.54, 1.807) is 50.2 Å². The molecule has 180 valence electrons. The first-order valence-corrected chi connectivity index (χ1v) is 11.3. The number of halogens is 2. The van der Waals surface area contributed by atoms with Crippen LogP contribution < -0.4 is 10.6 Å². The zero-order chi connectivity index (χ0) is 24.9. The van der Waals surface area contributed by atoms with Crippen molar-refractivity contribution in [3.05, 3.63) is 69.7 Å². The molecule has 0 saturated heterocycles. The van der Waals surface area contributed by atoms with Crippen LogP contribution in [0.1, 0.15) is 30.9 Å². The smallest absolute Gasteiger partial charge is 0.411 e. The number of benzene rings is 2. The van der Waals surface area contributed by atoms with Gasteiger partial charge in [0.2, 0.25) is 0 Å². The molecule has 34 heavy (non-hydrogen) atoms. The Morgan fingerprint density at radius 2 is 1.85 bits per heavy atom. The fourth-order valence-corrected chi connectivity index (χ4v) is 4.53. The van der Waals surface area contributed by atoms with Crippen molar-refractivity contribution in [3.8, 4) is 0 Å². The van der Waals surface area contributed by atoms with Crippen LogP contribution in [-0.2, 0) is 29.3 Å². The molecule has 2 aromatic carbocycles. The fourth-order valence-electron chi connectivity index (χ4n) is 3.91. The minimum Gasteiger partial charge on any atom is -0.466 e. The average Bonchev–Trinajstić information content (AvgIpc) is 3.13. The summed E-state index contributed by atoms with van der Waals surface area (Å²) in [4.78, 5) is 37.5. The van der Waals surface area contributed by atoms with Crippen molar-refractivity contribution in [2.24, 2.45) is 0 Å². The Morgan fingerprint density at radius 3 is 2.53 bits per heavy atom. The van der Waals surface area contributed by atoms with Crippen LogP contribution in [0.4, 0.5) is 16.2 Å². The molecule has 0 saturated carbocycles. The summed E-state index contributed by atoms with van der Waals surface area (Å²) in [5.41, 5.74) is 0.404. The maximum absolute atomic E-state index is 13.6. The highest BCUT2D eigenvalue weighted by Crippen LogP contribution is 2.53. The van der Waals surface area contributed by atoms with Crippen LogP contribution in [0, 0.1) is 0 Å². The first-order chi connectivity index (χ1) is 16.3. The van der Waals surface area contributed by atoms with Crippen molar-refractivity contribution >= 4 is 52.6 Å². The van der Waals surface area contributed by atoms with E-state index in [2.05, 4.69) is 10.6 Å². The van der Waals surface area contributed by atoms with Crippen molar-refractivity contribution in [1.82, 2.24) is 0 Å². The van der Waals surface area contributed by atoms with Gasteiger partial charge in [0.05, 0.1) is 20.3 Å². The first kappa shape index (κ1) is 25.4. The third-order valence-electron chi connectivity index (χ3n) is 5.27. The van der Waals surface area contributed by atoms with Gasteiger partial charge < -0.3 is 19.5 Å². The molecule has 1 aliphatic heterocycles. The van der Waals surface area contributed by atoms with E-state index in [4.69, 9.17) is 37.4 Å². The standard InChI is InChI=1S/C24H24Cl2N2O6/c1-4-33-22(30)24(14-7-6-8-16(11-14)27-23(31)34-5-2)17(9-10-20(29)32-3)21-18(26)12-15(25)13-19(21)28-24/h6-13,17,28H,4-5H2,1-3H3,(H,27,31)/b10-9-. The second-order valence-corrected chi connectivity index (χ2v) is 8.13. The minimum atomic E-state index is -1.52. The van der Waals surface area contributed by atoms with Gasteiger partial charge in [0.1, 0.15) is 0 Å². The molecule has 0 aromatic heterocycles. The number of carbonyl (C=O) groups is 3. The molecule has 1 heterocycles. The molecule has 2 atom stereocenters. The molecule has 10 heteroatoms. The molecule has 0 radical (unpaired) electrons. The minimum absolute atomic E-state index is 0.112. The van der Waals surface area contributed by atoms with Crippen molar-refractivity contribution < 1.29 is 28.6 Å². The number of esters is 2. The second kappa shape index (κ2) is 10.8. The monoisotopic (exact) mass is 506 g/mol. The third-order valence-corrected chi connectivity index (χ3v) is 5.80. The van der Waals surface area contributed by atoms with E-state index < -0.39 is 29.5 Å². The summed E-state index contributed by atoms with van der Waals surface area (Å²) in [6.45, 7) is 3.70. The van der Waals surface area contributed by atoms with Gasteiger partial charge in [0.15, 0.2) is 5.54 Å². The van der Waals surface area contributed by atoms with E-state index in [9.17, 15) is 14.4 Å². The summed E-state index contributed by atoms with van der Waals surface area (Å²) in [7, 11) is 1.25. The maximum Gasteiger partial charge on any atom is 0.411 e. The zero-order valence-corrected chi connectivity index (χ0v) is 20.3. The van der Waals surface area contributed by atoms with Crippen LogP contribution in [0.25, 0.3) is 0 Å². The van der Waals surface area contributed by atoms with E-state index in [0.717, 1.165) is 0 Å². The number of nitrogens with one attached hydrogen (secondary N) is 2. The SMILES string of the molecule is CCOC(=O)Nc1cccc(C2(C(=O)OCC)Nc3cc(Cl)cc(Cl)c3C2/C=C\C(=O)OC)c1. The lowest BCUT2D eigenvalue weighted by Gasteiger charge is -2.33. The summed E-state index contributed by atoms with van der Waals surface area (Å²) in [5, 5.41) is 6.54. The first-order valence-electron chi connectivity index (χ1n) is 10.5. The number of hydrogen-bond acceptors (Lipinski definition) is 7. The largest absolute Gasteiger partial charge is 0.466 e. The topological polar surface area (TPSA) is 103 Å². The molecule has 2 aromatic rings. The number of methoxy groups -OCH3 is 1. The molecular weight excluding hydrogens is 483 g/mol. The van der Waals surface area contributed by atoms with E-state index in [1.807, 2.05) is 0 Å². The molecule has 0 aliphatic carbocycles. The van der Waals surface area contributed by atoms with Gasteiger partial charge in [-0.3, -0.25) is 5.32 Å². The van der Waals surface area contributed by atoms with E-state index in [1.165, 1.54) is 19.3 Å². The van der Waals surface area contributed by atoms with Gasteiger partial charge in [-0.15, -0.1) is 0 Å². The van der Waals surface area contributed by atoms with Crippen molar-refractivity contribution in [3.63, 3.8) is 0 Å². The molecule has 2 N–H and O–H groups in total. The lowest BCUT2D eigenvalue weighted by molar-refractivity contribution is -0.149. The maximum atomic E-state index is 13.6. The number of carbonyl (C=O) groups excluding carboxylic acids is 3. The fraction of sp³-hybridized carbons (Fsp3) is 0.292. The average molecular weight is 507 g/mol. The highest BCUT2D eigenvalue weighted by Gasteiger charge is 2.54. The van der Waals surface area contributed by atoms with Gasteiger partial charge in [0.25, 0.3) is 0 Å². The van der Waals surface area contributed by atoms with E-state index in [-0.39, 0.29) is 13.2 Å². The normalized spacial score (nSPS) is 18.7. The van der Waals surface area contributed by atoms with E-state index in [0.29, 0.717) is 32.5 Å². The van der Waals surface area contributed by atoms with Gasteiger partial charge in [-0.05, 0) is 43.7 Å². The number of amides is 1. The van der Waals surface area contributed by atoms with Crippen LogP contribution in [-0.4, -0.2) is 38.4 Å². The Kier molecular flexibility index (Phi) is 8.06. The van der Waals surface area contributed by atoms with Crippen LogP contribution >= 0.6 is 23.2 Å². The van der Waals surface area contributed by atoms with Gasteiger partial charge in [-0.2, -0.15) is 0 Å². The van der Waals surface area contributed by atoms with Gasteiger partial charge in [0, 0.05) is 39.0 Å². The number of fused-ring (bicyclic) bond motifs is 1. The van der Waals surface area contributed by atoms with Crippen LogP contribution in [0.5, 0.6) is 0 Å². The Balaban J connectivity index is 2.22. The quantitative estimate of drug-likeness (QED) is 0.300. The van der Waals surface area contributed by atoms with Crippen LogP contribution in [0.3, 0.4) is 0 Å². The number of hydrogen-bond donors (Lipinski definition) is 2. The molecule has 2 unspecified atom stereocenters. The van der Waals surface area contributed by atoms with E-state index >= 15 is 0 Å². The molecule has 0 spiro atoms. The zero-order valence-electron chi connectivity index (χ0n) is 18.8. The predicted octanol–water partition coefficient (Wildman–Crippen LogP) is 5.26. The predicted molar refractivity (Wildman–Crippen MR) is 129 cm³/mol. The van der Waals surface area contributed by atoms with Crippen molar-refractivity contribution in [1.29, 1.82) is 0 Å². The summed E-state index contributed by atoms with van der Waals surface area (Å²) in [6.07, 6.45) is 2.12. The van der Waals surface area contributed by atoms with Gasteiger partial charge in [-0.25, -0.2) is 14.4 Å². The third kappa shape index (κ3) is 4.98. The summed E-state index contributed by atoms with van der Waals surface area (Å²) in [6, 6.07) is 9.87. The van der Waals surface area contributed by atoms with Crippen molar-refractivity contribution in [2.45, 2.75) is 25.3 Å². The summed E-state index contributed by atoms with van der Waals surface area (Å²) < 4.78 is 15.2. The molecule has 0 fully saturated rings. The van der Waals surface area contributed by atoms with Crippen LogP contribution in [0.2, 0.25) is 10.0 Å². The second-order valence-electron chi connectivity index (χ2n) is 7.29. The lowest BCUT2D eigenvalue weighted by atomic mass is 9.77. The molecular formula is C24H24Cl2N2O6. The Hall–Kier alpha value is -3.23. The lowest BCUT2D eigenvalue weighted by Crippen LogP contribution is -2.45. The molecule has 1 aliphatic rings. The number of rotatable bonds is 7. The Morgan fingerprint density at radius 1 is 1.12 bits per heavy atom. The Bertz CT molecular complexity index is 1140. The highest BCUT2D eigenvalue weighted by molar-refractivity contribution is 6.36. The molecule has 1 amide bonds. The Labute approximate surface area is 207 Å². The summed E-state index contributed by atoms with van der Waals surface area (Å²) >= 11 is 12.8. The number of ether oxygens (including phenoxy) is 3. The highest BCUT2D eigenvalue weighted by atomic mass is 35.5. The van der Waals surface area contributed by atoms with Crippen LogP contribution in [0.15, 0.2) is 48.6 Å². The molecule has 8 nitrogen and oxygen atoms in total. The summed E-state index contributed by atoms with van der Waals surface area (Å²) in [5.74, 6) is -1.98. The molecule has 3 rings (SSSR count). The van der Waals surface area contributed by atoms with Crippen molar-refractivity contribution in [2.75, 3.05) is 31.0 Å². The van der Waals surface area contributed by atoms with Gasteiger partial charge >= 0.3 is 18.0 Å². The van der Waals surface area contributed by atoms with Gasteiger partial charge in [-0.1, -0.05) is 41.4 Å². The molecule has 0 bridgehead atoms.